The van der Waals surface area contributed by atoms with Crippen molar-refractivity contribution >= 4 is 17.2 Å². The largest absolute Gasteiger partial charge is 0.322 e. The summed E-state index contributed by atoms with van der Waals surface area (Å²) in [6, 6.07) is 17.5. The highest BCUT2D eigenvalue weighted by Gasteiger charge is 1.97. The molecule has 0 unspecified atom stereocenters. The van der Waals surface area contributed by atoms with Crippen molar-refractivity contribution in [2.75, 3.05) is 5.32 Å². The summed E-state index contributed by atoms with van der Waals surface area (Å²) in [6.07, 6.45) is 1.43. The first-order valence-corrected chi connectivity index (χ1v) is 6.51. The van der Waals surface area contributed by atoms with Crippen LogP contribution < -0.4 is 5.32 Å². The topological polar surface area (TPSA) is 29.1 Å². The van der Waals surface area contributed by atoms with E-state index in [1.54, 1.807) is 0 Å². The predicted molar refractivity (Wildman–Crippen MR) is 83.4 cm³/mol. The molecule has 0 radical (unpaired) electrons. The van der Waals surface area contributed by atoms with E-state index in [2.05, 4.69) is 11.0 Å². The maximum atomic E-state index is 11.8. The summed E-state index contributed by atoms with van der Waals surface area (Å²) < 4.78 is 0. The van der Waals surface area contributed by atoms with E-state index < -0.39 is 0 Å². The van der Waals surface area contributed by atoms with Gasteiger partial charge in [-0.1, -0.05) is 48.0 Å². The highest BCUT2D eigenvalue weighted by molar-refractivity contribution is 5.99. The van der Waals surface area contributed by atoms with Crippen molar-refractivity contribution in [2.45, 2.75) is 13.8 Å². The number of carbonyl (C=O) groups excluding carboxylic acids is 1. The monoisotopic (exact) mass is 263 g/mol. The van der Waals surface area contributed by atoms with Crippen LogP contribution in [0.25, 0.3) is 5.57 Å². The summed E-state index contributed by atoms with van der Waals surface area (Å²) in [5.41, 5.74) is 7.02. The van der Waals surface area contributed by atoms with Crippen molar-refractivity contribution in [3.8, 4) is 0 Å². The molecule has 0 aliphatic carbocycles. The zero-order valence-electron chi connectivity index (χ0n) is 11.7. The van der Waals surface area contributed by atoms with E-state index >= 15 is 0 Å². The Bertz CT molecular complexity index is 648. The third kappa shape index (κ3) is 3.98. The first-order chi connectivity index (χ1) is 9.65. The summed E-state index contributed by atoms with van der Waals surface area (Å²) in [5.74, 6) is -0.178. The van der Waals surface area contributed by atoms with Crippen LogP contribution in [0, 0.1) is 6.92 Å². The van der Waals surface area contributed by atoms with E-state index in [4.69, 9.17) is 0 Å². The van der Waals surface area contributed by atoms with E-state index in [1.807, 2.05) is 68.4 Å². The van der Waals surface area contributed by atoms with Crippen LogP contribution >= 0.6 is 0 Å². The molecule has 0 saturated heterocycles. The van der Waals surface area contributed by atoms with Gasteiger partial charge in [-0.2, -0.15) is 0 Å². The van der Waals surface area contributed by atoms with Gasteiger partial charge in [0.15, 0.2) is 0 Å². The highest BCUT2D eigenvalue weighted by atomic mass is 16.1. The van der Waals surface area contributed by atoms with Crippen molar-refractivity contribution in [2.24, 2.45) is 0 Å². The highest BCUT2D eigenvalue weighted by Crippen LogP contribution is 2.13. The van der Waals surface area contributed by atoms with Gasteiger partial charge in [0.25, 0.3) is 5.91 Å². The van der Waals surface area contributed by atoms with Crippen molar-refractivity contribution in [3.05, 3.63) is 77.5 Å². The van der Waals surface area contributed by atoms with Gasteiger partial charge < -0.3 is 5.32 Å². The van der Waals surface area contributed by atoms with Crippen molar-refractivity contribution in [3.63, 3.8) is 0 Å². The van der Waals surface area contributed by atoms with Crippen LogP contribution in [-0.4, -0.2) is 5.91 Å². The molecule has 2 rings (SSSR count). The Balaban J connectivity index is 2.09. The lowest BCUT2D eigenvalue weighted by atomic mass is 10.1. The zero-order chi connectivity index (χ0) is 14.4. The molecule has 20 heavy (non-hydrogen) atoms. The van der Waals surface area contributed by atoms with E-state index in [9.17, 15) is 4.79 Å². The Kier molecular flexibility index (Phi) is 4.54. The van der Waals surface area contributed by atoms with E-state index in [0.717, 1.165) is 16.8 Å². The second-order valence-corrected chi connectivity index (χ2v) is 4.63. The lowest BCUT2D eigenvalue weighted by Crippen LogP contribution is -2.06. The number of anilines is 1. The number of carbonyl (C=O) groups is 1. The number of rotatable bonds is 3. The molecule has 0 saturated carbocycles. The lowest BCUT2D eigenvalue weighted by Gasteiger charge is -2.00. The van der Waals surface area contributed by atoms with Crippen LogP contribution in [0.3, 0.4) is 0 Å². The molecule has 2 aromatic carbocycles. The quantitative estimate of drug-likeness (QED) is 0.653. The smallest absolute Gasteiger partial charge is 0.256 e. The average Bonchev–Trinajstić information content (AvgIpc) is 2.46. The Morgan fingerprint density at radius 1 is 1.05 bits per heavy atom. The summed E-state index contributed by atoms with van der Waals surface area (Å²) in [7, 11) is 0. The molecule has 0 bridgehead atoms. The standard InChI is InChI=1S/C18H17NO/c1-14-8-11-16(12-9-14)15(2)10-13-18(20)19-17-6-4-3-5-7-17/h3-9,11-13H,1-2H3,(H,19,20). The van der Waals surface area contributed by atoms with Crippen LogP contribution in [0.1, 0.15) is 18.1 Å². The number of amides is 1. The molecule has 2 nitrogen and oxygen atoms in total. The molecular weight excluding hydrogens is 246 g/mol. The fourth-order valence-electron chi connectivity index (χ4n) is 1.76. The first kappa shape index (κ1) is 13.9. The maximum Gasteiger partial charge on any atom is 0.256 e. The van der Waals surface area contributed by atoms with E-state index in [-0.39, 0.29) is 5.91 Å². The molecule has 0 aliphatic rings. The number of aryl methyl sites for hydroxylation is 1. The molecule has 0 heterocycles. The van der Waals surface area contributed by atoms with Crippen molar-refractivity contribution in [1.82, 2.24) is 0 Å². The number of hydrogen-bond donors (Lipinski definition) is 1. The fraction of sp³-hybridized carbons (Fsp3) is 0.111. The van der Waals surface area contributed by atoms with Gasteiger partial charge in [-0.15, -0.1) is 5.73 Å². The van der Waals surface area contributed by atoms with Crippen LogP contribution in [0.4, 0.5) is 5.69 Å². The predicted octanol–water partition coefficient (Wildman–Crippen LogP) is 4.19. The molecule has 0 aromatic heterocycles. The van der Waals surface area contributed by atoms with Crippen molar-refractivity contribution in [1.29, 1.82) is 0 Å². The third-order valence-electron chi connectivity index (χ3n) is 2.95. The van der Waals surface area contributed by atoms with Gasteiger partial charge in [-0.25, -0.2) is 0 Å². The molecular formula is C18H17NO. The molecule has 1 amide bonds. The molecule has 0 aliphatic heterocycles. The average molecular weight is 263 g/mol. The summed E-state index contributed by atoms with van der Waals surface area (Å²) >= 11 is 0. The molecule has 1 N–H and O–H groups in total. The van der Waals surface area contributed by atoms with E-state index in [0.29, 0.717) is 0 Å². The molecule has 0 fully saturated rings. The number of hydrogen-bond acceptors (Lipinski definition) is 1. The van der Waals surface area contributed by atoms with Crippen LogP contribution in [0.2, 0.25) is 0 Å². The van der Waals surface area contributed by atoms with Gasteiger partial charge in [0.05, 0.1) is 0 Å². The Morgan fingerprint density at radius 2 is 1.70 bits per heavy atom. The molecule has 100 valence electrons. The van der Waals surface area contributed by atoms with E-state index in [1.165, 1.54) is 11.6 Å². The van der Waals surface area contributed by atoms with Gasteiger partial charge >= 0.3 is 0 Å². The first-order valence-electron chi connectivity index (χ1n) is 6.51. The Hall–Kier alpha value is -2.57. The third-order valence-corrected chi connectivity index (χ3v) is 2.95. The minimum Gasteiger partial charge on any atom is -0.322 e. The van der Waals surface area contributed by atoms with Gasteiger partial charge in [0, 0.05) is 11.8 Å². The minimum absolute atomic E-state index is 0.178. The SMILES string of the molecule is CC(=C=CC(=O)Nc1ccccc1)c1ccc(C)cc1. The summed E-state index contributed by atoms with van der Waals surface area (Å²) in [6.45, 7) is 3.99. The van der Waals surface area contributed by atoms with Gasteiger partial charge in [-0.3, -0.25) is 4.79 Å². The lowest BCUT2D eigenvalue weighted by molar-refractivity contribution is -0.111. The zero-order valence-corrected chi connectivity index (χ0v) is 11.7. The van der Waals surface area contributed by atoms with Crippen molar-refractivity contribution < 1.29 is 4.79 Å². The maximum absolute atomic E-state index is 11.8. The summed E-state index contributed by atoms with van der Waals surface area (Å²) in [5, 5.41) is 2.79. The normalized spacial score (nSPS) is 9.50. The Labute approximate surface area is 119 Å². The number of para-hydroxylation sites is 1. The minimum atomic E-state index is -0.178. The molecule has 2 heteroatoms. The van der Waals surface area contributed by atoms with Gasteiger partial charge in [-0.05, 0) is 37.1 Å². The molecule has 2 aromatic rings. The molecule has 0 atom stereocenters. The fourth-order valence-corrected chi connectivity index (χ4v) is 1.76. The molecule has 0 spiro atoms. The van der Waals surface area contributed by atoms with Gasteiger partial charge in [0.1, 0.15) is 0 Å². The number of nitrogens with one attached hydrogen (secondary N) is 1. The van der Waals surface area contributed by atoms with Crippen LogP contribution in [0.5, 0.6) is 0 Å². The number of benzene rings is 2. The second-order valence-electron chi connectivity index (χ2n) is 4.63. The Morgan fingerprint density at radius 3 is 2.35 bits per heavy atom. The second kappa shape index (κ2) is 6.55. The van der Waals surface area contributed by atoms with Crippen LogP contribution in [-0.2, 0) is 4.79 Å². The summed E-state index contributed by atoms with van der Waals surface area (Å²) in [4.78, 5) is 11.8. The van der Waals surface area contributed by atoms with Gasteiger partial charge in [0.2, 0.25) is 0 Å². The van der Waals surface area contributed by atoms with Crippen LogP contribution in [0.15, 0.2) is 66.4 Å².